The molecule has 2 heterocycles. The molecule has 1 aromatic carbocycles. The first kappa shape index (κ1) is 24.6. The molecule has 1 amide bonds. The molecule has 0 bridgehead atoms. The SMILES string of the molecule is CCOC(=O)c1c(-c2ccc(OC)cc2)csc1NC(=O)Cn1nc(CC)sc1=N.Cl. The molecule has 3 rings (SSSR count). The molecular weight excluding hydrogens is 460 g/mol. The zero-order chi connectivity index (χ0) is 21.7. The van der Waals surface area contributed by atoms with Gasteiger partial charge in [0.1, 0.15) is 27.9 Å². The Hall–Kier alpha value is -2.69. The largest absolute Gasteiger partial charge is 0.497 e. The van der Waals surface area contributed by atoms with Gasteiger partial charge in [-0.1, -0.05) is 30.4 Å². The number of carbonyl (C=O) groups is 2. The van der Waals surface area contributed by atoms with E-state index in [1.165, 1.54) is 27.4 Å². The number of hydrogen-bond donors (Lipinski definition) is 2. The number of methoxy groups -OCH3 is 1. The molecule has 3 aromatic rings. The van der Waals surface area contributed by atoms with E-state index >= 15 is 0 Å². The van der Waals surface area contributed by atoms with Crippen LogP contribution >= 0.6 is 35.1 Å². The van der Waals surface area contributed by atoms with Gasteiger partial charge in [0.05, 0.1) is 13.7 Å². The normalized spacial score (nSPS) is 10.3. The standard InChI is InChI=1S/C20H22N4O4S2.ClH/c1-4-16-23-24(20(21)30-16)10-15(25)22-18-17(19(26)28-5-2)14(11-29-18)12-6-8-13(27-3)9-7-12;/h6-9,11,21H,4-5,10H2,1-3H3,(H,22,25);1H. The molecule has 0 unspecified atom stereocenters. The van der Waals surface area contributed by atoms with E-state index in [0.717, 1.165) is 10.6 Å². The van der Waals surface area contributed by atoms with Crippen LogP contribution in [0.3, 0.4) is 0 Å². The Labute approximate surface area is 193 Å². The van der Waals surface area contributed by atoms with Crippen molar-refractivity contribution in [2.75, 3.05) is 19.0 Å². The van der Waals surface area contributed by atoms with Crippen LogP contribution in [0.25, 0.3) is 11.1 Å². The summed E-state index contributed by atoms with van der Waals surface area (Å²) in [7, 11) is 1.59. The minimum absolute atomic E-state index is 0. The summed E-state index contributed by atoms with van der Waals surface area (Å²) in [6, 6.07) is 7.30. The van der Waals surface area contributed by atoms with Gasteiger partial charge < -0.3 is 14.8 Å². The number of aromatic nitrogens is 2. The topological polar surface area (TPSA) is 106 Å². The number of ether oxygens (including phenoxy) is 2. The summed E-state index contributed by atoms with van der Waals surface area (Å²) in [5.74, 6) is -0.163. The highest BCUT2D eigenvalue weighted by Gasteiger charge is 2.23. The number of esters is 1. The molecule has 0 aliphatic carbocycles. The lowest BCUT2D eigenvalue weighted by atomic mass is 10.0. The smallest absolute Gasteiger partial charge is 0.341 e. The Morgan fingerprint density at radius 2 is 1.94 bits per heavy atom. The molecule has 31 heavy (non-hydrogen) atoms. The third-order valence-electron chi connectivity index (χ3n) is 4.20. The van der Waals surface area contributed by atoms with E-state index in [1.54, 1.807) is 26.2 Å². The van der Waals surface area contributed by atoms with Gasteiger partial charge in [-0.05, 0) is 31.0 Å². The zero-order valence-corrected chi connectivity index (χ0v) is 19.7. The molecule has 11 heteroatoms. The molecule has 8 nitrogen and oxygen atoms in total. The third-order valence-corrected chi connectivity index (χ3v) is 6.11. The average molecular weight is 483 g/mol. The van der Waals surface area contributed by atoms with E-state index in [1.807, 2.05) is 24.4 Å². The van der Waals surface area contributed by atoms with Crippen molar-refractivity contribution in [1.29, 1.82) is 5.41 Å². The van der Waals surface area contributed by atoms with E-state index in [9.17, 15) is 9.59 Å². The van der Waals surface area contributed by atoms with Crippen LogP contribution < -0.4 is 14.9 Å². The maximum Gasteiger partial charge on any atom is 0.341 e. The van der Waals surface area contributed by atoms with Crippen molar-refractivity contribution in [2.45, 2.75) is 26.8 Å². The van der Waals surface area contributed by atoms with Crippen molar-refractivity contribution in [3.8, 4) is 16.9 Å². The molecule has 166 valence electrons. The van der Waals surface area contributed by atoms with Gasteiger partial charge in [0.25, 0.3) is 0 Å². The second-order valence-electron chi connectivity index (χ2n) is 6.16. The molecule has 0 spiro atoms. The van der Waals surface area contributed by atoms with Crippen LogP contribution in [0.15, 0.2) is 29.6 Å². The predicted molar refractivity (Wildman–Crippen MR) is 123 cm³/mol. The molecule has 0 saturated carbocycles. The van der Waals surface area contributed by atoms with E-state index in [4.69, 9.17) is 14.9 Å². The Bertz CT molecular complexity index is 1110. The number of amides is 1. The molecule has 0 atom stereocenters. The van der Waals surface area contributed by atoms with Crippen molar-refractivity contribution >= 4 is 52.0 Å². The lowest BCUT2D eigenvalue weighted by Crippen LogP contribution is -2.26. The molecule has 2 N–H and O–H groups in total. The average Bonchev–Trinajstić information content (AvgIpc) is 3.31. The van der Waals surface area contributed by atoms with Crippen LogP contribution in [0.1, 0.15) is 29.2 Å². The van der Waals surface area contributed by atoms with Gasteiger partial charge in [0, 0.05) is 10.9 Å². The Kier molecular flexibility index (Phi) is 8.78. The van der Waals surface area contributed by atoms with Crippen LogP contribution in [0.2, 0.25) is 0 Å². The molecule has 0 fully saturated rings. The number of benzene rings is 1. The summed E-state index contributed by atoms with van der Waals surface area (Å²) in [6.45, 7) is 3.80. The first-order chi connectivity index (χ1) is 14.5. The second kappa shape index (κ2) is 11.1. The van der Waals surface area contributed by atoms with Gasteiger partial charge in [0.2, 0.25) is 10.7 Å². The fourth-order valence-corrected chi connectivity index (χ4v) is 4.45. The van der Waals surface area contributed by atoms with E-state index in [0.29, 0.717) is 28.3 Å². The highest BCUT2D eigenvalue weighted by molar-refractivity contribution is 7.15. The Balaban J connectivity index is 0.00000341. The number of thiophene rings is 1. The highest BCUT2D eigenvalue weighted by Crippen LogP contribution is 2.36. The highest BCUT2D eigenvalue weighted by atomic mass is 35.5. The van der Waals surface area contributed by atoms with E-state index < -0.39 is 5.97 Å². The van der Waals surface area contributed by atoms with Crippen LogP contribution in [0.4, 0.5) is 5.00 Å². The third kappa shape index (κ3) is 5.72. The maximum absolute atomic E-state index is 12.6. The van der Waals surface area contributed by atoms with Crippen LogP contribution in [0.5, 0.6) is 5.75 Å². The predicted octanol–water partition coefficient (Wildman–Crippen LogP) is 3.96. The van der Waals surface area contributed by atoms with Crippen molar-refractivity contribution in [3.05, 3.63) is 45.0 Å². The fourth-order valence-electron chi connectivity index (χ4n) is 2.76. The summed E-state index contributed by atoms with van der Waals surface area (Å²) in [4.78, 5) is 25.4. The number of hydrogen-bond acceptors (Lipinski definition) is 8. The minimum Gasteiger partial charge on any atom is -0.497 e. The van der Waals surface area contributed by atoms with E-state index in [2.05, 4.69) is 10.4 Å². The number of carbonyl (C=O) groups excluding carboxylic acids is 2. The van der Waals surface area contributed by atoms with Crippen molar-refractivity contribution in [3.63, 3.8) is 0 Å². The first-order valence-electron chi connectivity index (χ1n) is 9.31. The lowest BCUT2D eigenvalue weighted by Gasteiger charge is -2.09. The van der Waals surface area contributed by atoms with Gasteiger partial charge >= 0.3 is 5.97 Å². The van der Waals surface area contributed by atoms with Gasteiger partial charge in [-0.2, -0.15) is 5.10 Å². The molecule has 0 radical (unpaired) electrons. The van der Waals surface area contributed by atoms with Gasteiger partial charge in [-0.25, -0.2) is 9.48 Å². The van der Waals surface area contributed by atoms with Gasteiger partial charge in [-0.3, -0.25) is 10.2 Å². The molecule has 0 aliphatic heterocycles. The Morgan fingerprint density at radius 3 is 2.52 bits per heavy atom. The summed E-state index contributed by atoms with van der Waals surface area (Å²) < 4.78 is 11.8. The number of halogens is 1. The van der Waals surface area contributed by atoms with Gasteiger partial charge in [0.15, 0.2) is 0 Å². The monoisotopic (exact) mass is 482 g/mol. The van der Waals surface area contributed by atoms with Crippen LogP contribution in [-0.2, 0) is 22.5 Å². The van der Waals surface area contributed by atoms with E-state index in [-0.39, 0.29) is 36.3 Å². The molecule has 0 saturated heterocycles. The number of aryl methyl sites for hydroxylation is 1. The summed E-state index contributed by atoms with van der Waals surface area (Å²) in [5, 5.41) is 18.0. The fraction of sp³-hybridized carbons (Fsp3) is 0.300. The van der Waals surface area contributed by atoms with Crippen molar-refractivity contribution in [1.82, 2.24) is 9.78 Å². The second-order valence-corrected chi connectivity index (χ2v) is 8.10. The van der Waals surface area contributed by atoms with Crippen molar-refractivity contribution in [2.24, 2.45) is 0 Å². The molecule has 0 aliphatic rings. The number of nitrogens with one attached hydrogen (secondary N) is 2. The lowest BCUT2D eigenvalue weighted by molar-refractivity contribution is -0.116. The molecule has 2 aromatic heterocycles. The minimum atomic E-state index is -0.504. The first-order valence-corrected chi connectivity index (χ1v) is 11.0. The number of nitrogens with zero attached hydrogens (tertiary/aromatic N) is 2. The van der Waals surface area contributed by atoms with Crippen LogP contribution in [0, 0.1) is 5.41 Å². The summed E-state index contributed by atoms with van der Waals surface area (Å²) >= 11 is 2.49. The summed E-state index contributed by atoms with van der Waals surface area (Å²) in [6.07, 6.45) is 0.703. The number of rotatable bonds is 8. The van der Waals surface area contributed by atoms with Crippen LogP contribution in [-0.4, -0.2) is 35.4 Å². The molecular formula is C20H23ClN4O4S2. The Morgan fingerprint density at radius 1 is 1.23 bits per heavy atom. The number of anilines is 1. The summed E-state index contributed by atoms with van der Waals surface area (Å²) in [5.41, 5.74) is 1.79. The maximum atomic E-state index is 12.6. The van der Waals surface area contributed by atoms with Crippen molar-refractivity contribution < 1.29 is 19.1 Å². The van der Waals surface area contributed by atoms with Gasteiger partial charge in [-0.15, -0.1) is 23.7 Å². The quantitative estimate of drug-likeness (QED) is 0.472. The zero-order valence-electron chi connectivity index (χ0n) is 17.3.